The fourth-order valence-electron chi connectivity index (χ4n) is 1.05. The Balaban J connectivity index is 2.43. The molecule has 78 valence electrons. The number of phenols is 1. The smallest absolute Gasteiger partial charge is 0.160 e. The first-order chi connectivity index (χ1) is 6.49. The van der Waals surface area contributed by atoms with E-state index >= 15 is 0 Å². The maximum atomic E-state index is 9.41. The molecular formula is C12H18O2. The average molecular weight is 194 g/mol. The number of ether oxygens (including phenoxy) is 1. The van der Waals surface area contributed by atoms with Gasteiger partial charge < -0.3 is 9.84 Å². The van der Waals surface area contributed by atoms with Crippen LogP contribution in [0.2, 0.25) is 0 Å². The summed E-state index contributed by atoms with van der Waals surface area (Å²) in [7, 11) is 0. The van der Waals surface area contributed by atoms with Crippen LogP contribution in [-0.4, -0.2) is 11.7 Å². The summed E-state index contributed by atoms with van der Waals surface area (Å²) < 4.78 is 5.46. The molecule has 0 fully saturated rings. The molecule has 0 heterocycles. The highest BCUT2D eigenvalue weighted by atomic mass is 16.5. The fourth-order valence-corrected chi connectivity index (χ4v) is 1.05. The fraction of sp³-hybridized carbons (Fsp3) is 0.500. The van der Waals surface area contributed by atoms with Crippen molar-refractivity contribution >= 4 is 0 Å². The molecule has 0 radical (unpaired) electrons. The summed E-state index contributed by atoms with van der Waals surface area (Å²) in [6, 6.07) is 7.04. The number of para-hydroxylation sites is 2. The van der Waals surface area contributed by atoms with E-state index in [4.69, 9.17) is 4.74 Å². The molecule has 0 atom stereocenters. The molecule has 1 aromatic rings. The summed E-state index contributed by atoms with van der Waals surface area (Å²) >= 11 is 0. The minimum absolute atomic E-state index is 0.210. The van der Waals surface area contributed by atoms with E-state index in [2.05, 4.69) is 20.8 Å². The van der Waals surface area contributed by atoms with Crippen LogP contribution in [0.1, 0.15) is 27.2 Å². The number of hydrogen-bond acceptors (Lipinski definition) is 2. The second-order valence-electron chi connectivity index (χ2n) is 4.63. The van der Waals surface area contributed by atoms with Gasteiger partial charge >= 0.3 is 0 Å². The third kappa shape index (κ3) is 3.69. The molecule has 1 N–H and O–H groups in total. The zero-order valence-corrected chi connectivity index (χ0v) is 9.08. The maximum absolute atomic E-state index is 9.41. The van der Waals surface area contributed by atoms with Crippen molar-refractivity contribution in [2.75, 3.05) is 6.61 Å². The second-order valence-corrected chi connectivity index (χ2v) is 4.63. The molecular weight excluding hydrogens is 176 g/mol. The van der Waals surface area contributed by atoms with Gasteiger partial charge in [0.1, 0.15) is 0 Å². The standard InChI is InChI=1S/C12H18O2/c1-12(2,3)8-9-14-11-7-5-4-6-10(11)13/h4-7,13H,8-9H2,1-3H3. The van der Waals surface area contributed by atoms with E-state index in [1.165, 1.54) is 0 Å². The monoisotopic (exact) mass is 194 g/mol. The van der Waals surface area contributed by atoms with Crippen LogP contribution in [0.4, 0.5) is 0 Å². The predicted molar refractivity (Wildman–Crippen MR) is 57.7 cm³/mol. The minimum atomic E-state index is 0.210. The van der Waals surface area contributed by atoms with E-state index in [0.29, 0.717) is 12.4 Å². The first-order valence-electron chi connectivity index (χ1n) is 4.90. The van der Waals surface area contributed by atoms with Gasteiger partial charge in [0.25, 0.3) is 0 Å². The van der Waals surface area contributed by atoms with Crippen LogP contribution in [0, 0.1) is 5.41 Å². The summed E-state index contributed by atoms with van der Waals surface area (Å²) in [6.45, 7) is 7.14. The van der Waals surface area contributed by atoms with Crippen molar-refractivity contribution in [1.82, 2.24) is 0 Å². The summed E-state index contributed by atoms with van der Waals surface area (Å²) in [6.07, 6.45) is 0.974. The first kappa shape index (κ1) is 10.9. The van der Waals surface area contributed by atoms with Crippen LogP contribution in [0.15, 0.2) is 24.3 Å². The number of hydrogen-bond donors (Lipinski definition) is 1. The van der Waals surface area contributed by atoms with Gasteiger partial charge in [-0.1, -0.05) is 32.9 Å². The molecule has 0 aliphatic carbocycles. The van der Waals surface area contributed by atoms with Crippen LogP contribution in [0.25, 0.3) is 0 Å². The molecule has 14 heavy (non-hydrogen) atoms. The molecule has 0 saturated carbocycles. The average Bonchev–Trinajstić information content (AvgIpc) is 2.06. The van der Waals surface area contributed by atoms with Crippen molar-refractivity contribution in [2.24, 2.45) is 5.41 Å². The minimum Gasteiger partial charge on any atom is -0.504 e. The Bertz CT molecular complexity index is 287. The zero-order chi connectivity index (χ0) is 10.6. The van der Waals surface area contributed by atoms with Gasteiger partial charge in [0, 0.05) is 0 Å². The largest absolute Gasteiger partial charge is 0.504 e. The molecule has 1 rings (SSSR count). The molecule has 0 aromatic heterocycles. The Morgan fingerprint density at radius 1 is 1.21 bits per heavy atom. The SMILES string of the molecule is CC(C)(C)CCOc1ccccc1O. The first-order valence-corrected chi connectivity index (χ1v) is 4.90. The Kier molecular flexibility index (Phi) is 3.39. The summed E-state index contributed by atoms with van der Waals surface area (Å²) in [4.78, 5) is 0. The van der Waals surface area contributed by atoms with Crippen LogP contribution >= 0.6 is 0 Å². The summed E-state index contributed by atoms with van der Waals surface area (Å²) in [5.74, 6) is 0.776. The molecule has 0 bridgehead atoms. The van der Waals surface area contributed by atoms with Gasteiger partial charge in [-0.15, -0.1) is 0 Å². The maximum Gasteiger partial charge on any atom is 0.160 e. The Labute approximate surface area is 85.5 Å². The van der Waals surface area contributed by atoms with Crippen LogP contribution in [0.5, 0.6) is 11.5 Å². The Morgan fingerprint density at radius 2 is 1.86 bits per heavy atom. The van der Waals surface area contributed by atoms with Gasteiger partial charge in [0.05, 0.1) is 6.61 Å². The van der Waals surface area contributed by atoms with Gasteiger partial charge in [-0.05, 0) is 24.0 Å². The second kappa shape index (κ2) is 4.36. The molecule has 2 nitrogen and oxygen atoms in total. The van der Waals surface area contributed by atoms with Crippen molar-refractivity contribution in [3.63, 3.8) is 0 Å². The van der Waals surface area contributed by atoms with Gasteiger partial charge in [-0.25, -0.2) is 0 Å². The third-order valence-electron chi connectivity index (χ3n) is 1.97. The van der Waals surface area contributed by atoms with Crippen molar-refractivity contribution < 1.29 is 9.84 Å². The lowest BCUT2D eigenvalue weighted by molar-refractivity contribution is 0.235. The van der Waals surface area contributed by atoms with E-state index in [1.807, 2.05) is 6.07 Å². The molecule has 1 aromatic carbocycles. The third-order valence-corrected chi connectivity index (χ3v) is 1.97. The summed E-state index contributed by atoms with van der Waals surface area (Å²) in [5.41, 5.74) is 0.268. The van der Waals surface area contributed by atoms with Crippen LogP contribution in [-0.2, 0) is 0 Å². The van der Waals surface area contributed by atoms with E-state index in [0.717, 1.165) is 6.42 Å². The lowest BCUT2D eigenvalue weighted by Gasteiger charge is -2.18. The van der Waals surface area contributed by atoms with E-state index < -0.39 is 0 Å². The zero-order valence-electron chi connectivity index (χ0n) is 9.08. The number of benzene rings is 1. The van der Waals surface area contributed by atoms with Crippen molar-refractivity contribution in [1.29, 1.82) is 0 Å². The lowest BCUT2D eigenvalue weighted by atomic mass is 9.93. The molecule has 0 aliphatic heterocycles. The molecule has 0 spiro atoms. The quantitative estimate of drug-likeness (QED) is 0.800. The van der Waals surface area contributed by atoms with E-state index in [1.54, 1.807) is 18.2 Å². The van der Waals surface area contributed by atoms with Gasteiger partial charge in [-0.3, -0.25) is 0 Å². The molecule has 0 saturated heterocycles. The number of aromatic hydroxyl groups is 1. The Morgan fingerprint density at radius 3 is 2.43 bits per heavy atom. The molecule has 0 amide bonds. The molecule has 2 heteroatoms. The molecule has 0 unspecified atom stereocenters. The van der Waals surface area contributed by atoms with Gasteiger partial charge in [-0.2, -0.15) is 0 Å². The van der Waals surface area contributed by atoms with Crippen LogP contribution in [0.3, 0.4) is 0 Å². The van der Waals surface area contributed by atoms with Crippen LogP contribution < -0.4 is 4.74 Å². The van der Waals surface area contributed by atoms with Crippen molar-refractivity contribution in [2.45, 2.75) is 27.2 Å². The van der Waals surface area contributed by atoms with Crippen molar-refractivity contribution in [3.8, 4) is 11.5 Å². The van der Waals surface area contributed by atoms with E-state index in [9.17, 15) is 5.11 Å². The summed E-state index contributed by atoms with van der Waals surface area (Å²) in [5, 5.41) is 9.41. The number of rotatable bonds is 3. The predicted octanol–water partition coefficient (Wildman–Crippen LogP) is 3.21. The normalized spacial score (nSPS) is 11.4. The lowest BCUT2D eigenvalue weighted by Crippen LogP contribution is -2.11. The highest BCUT2D eigenvalue weighted by Crippen LogP contribution is 2.26. The topological polar surface area (TPSA) is 29.5 Å². The Hall–Kier alpha value is -1.18. The van der Waals surface area contributed by atoms with Crippen molar-refractivity contribution in [3.05, 3.63) is 24.3 Å². The van der Waals surface area contributed by atoms with E-state index in [-0.39, 0.29) is 11.2 Å². The van der Waals surface area contributed by atoms with Gasteiger partial charge in [0.2, 0.25) is 0 Å². The van der Waals surface area contributed by atoms with Gasteiger partial charge in [0.15, 0.2) is 11.5 Å². The highest BCUT2D eigenvalue weighted by Gasteiger charge is 2.10. The number of phenolic OH excluding ortho intramolecular Hbond substituents is 1. The molecule has 0 aliphatic rings. The highest BCUT2D eigenvalue weighted by molar-refractivity contribution is 5.37.